The maximum absolute atomic E-state index is 11.2. The summed E-state index contributed by atoms with van der Waals surface area (Å²) in [4.78, 5) is 12.3. The number of rotatable bonds is 4. The minimum absolute atomic E-state index is 0.155. The van der Waals surface area contributed by atoms with Gasteiger partial charge in [0.1, 0.15) is 0 Å². The Bertz CT molecular complexity index is 616. The van der Waals surface area contributed by atoms with Crippen molar-refractivity contribution in [1.29, 1.82) is 0 Å². The first kappa shape index (κ1) is 13.8. The van der Waals surface area contributed by atoms with Gasteiger partial charge in [-0.15, -0.1) is 11.8 Å². The molecule has 0 fully saturated rings. The molecule has 0 saturated carbocycles. The van der Waals surface area contributed by atoms with Gasteiger partial charge < -0.3 is 10.4 Å². The number of thioether (sulfide) groups is 1. The van der Waals surface area contributed by atoms with Gasteiger partial charge in [0.25, 0.3) is 0 Å². The fraction of sp³-hybridized carbons (Fsp3) is 0.0714. The van der Waals surface area contributed by atoms with Crippen LogP contribution in [-0.2, 0) is 0 Å². The van der Waals surface area contributed by atoms with Gasteiger partial charge >= 0.3 is 5.97 Å². The lowest BCUT2D eigenvalue weighted by Gasteiger charge is -2.10. The highest BCUT2D eigenvalue weighted by atomic mass is 35.5. The average Bonchev–Trinajstić information content (AvgIpc) is 2.41. The van der Waals surface area contributed by atoms with Crippen LogP contribution in [0.4, 0.5) is 11.4 Å². The number of carbonyl (C=O) groups is 1. The maximum Gasteiger partial charge on any atom is 0.337 e. The largest absolute Gasteiger partial charge is 0.478 e. The molecule has 0 amide bonds. The van der Waals surface area contributed by atoms with Crippen molar-refractivity contribution >= 4 is 40.7 Å². The molecule has 0 aliphatic heterocycles. The van der Waals surface area contributed by atoms with E-state index in [0.717, 1.165) is 10.6 Å². The van der Waals surface area contributed by atoms with Gasteiger partial charge in [0.05, 0.1) is 11.3 Å². The second kappa shape index (κ2) is 5.99. The molecule has 0 saturated heterocycles. The summed E-state index contributed by atoms with van der Waals surface area (Å²) in [6.45, 7) is 0. The third-order valence-electron chi connectivity index (χ3n) is 2.56. The number of carboxylic acid groups (broad SMARTS) is 1. The molecular weight excluding hydrogens is 282 g/mol. The normalized spacial score (nSPS) is 10.2. The number of benzene rings is 2. The van der Waals surface area contributed by atoms with Crippen molar-refractivity contribution < 1.29 is 9.90 Å². The van der Waals surface area contributed by atoms with E-state index in [-0.39, 0.29) is 5.56 Å². The zero-order valence-electron chi connectivity index (χ0n) is 10.2. The number of halogens is 1. The Morgan fingerprint density at radius 3 is 2.74 bits per heavy atom. The summed E-state index contributed by atoms with van der Waals surface area (Å²) in [6.07, 6.45) is 1.99. The van der Waals surface area contributed by atoms with E-state index in [9.17, 15) is 4.79 Å². The molecule has 98 valence electrons. The molecule has 19 heavy (non-hydrogen) atoms. The lowest BCUT2D eigenvalue weighted by molar-refractivity contribution is 0.0698. The molecule has 0 bridgehead atoms. The predicted molar refractivity (Wildman–Crippen MR) is 79.9 cm³/mol. The Kier molecular flexibility index (Phi) is 4.35. The molecule has 2 rings (SSSR count). The Morgan fingerprint density at radius 2 is 2.05 bits per heavy atom. The first-order valence-corrected chi connectivity index (χ1v) is 7.14. The van der Waals surface area contributed by atoms with E-state index in [4.69, 9.17) is 16.7 Å². The summed E-state index contributed by atoms with van der Waals surface area (Å²) < 4.78 is 0. The quantitative estimate of drug-likeness (QED) is 0.815. The van der Waals surface area contributed by atoms with Crippen LogP contribution in [0.3, 0.4) is 0 Å². The maximum atomic E-state index is 11.2. The van der Waals surface area contributed by atoms with Gasteiger partial charge in [-0.3, -0.25) is 0 Å². The van der Waals surface area contributed by atoms with Crippen molar-refractivity contribution in [3.63, 3.8) is 0 Å². The summed E-state index contributed by atoms with van der Waals surface area (Å²) in [5.74, 6) is -1.01. The molecule has 0 aliphatic rings. The third kappa shape index (κ3) is 3.43. The van der Waals surface area contributed by atoms with Crippen LogP contribution in [0.5, 0.6) is 0 Å². The highest BCUT2D eigenvalue weighted by Gasteiger charge is 2.11. The molecule has 0 aromatic heterocycles. The Balaban J connectivity index is 2.34. The number of carboxylic acids is 1. The fourth-order valence-electron chi connectivity index (χ4n) is 1.66. The highest BCUT2D eigenvalue weighted by molar-refractivity contribution is 7.98. The summed E-state index contributed by atoms with van der Waals surface area (Å²) in [6, 6.07) is 12.5. The second-order valence-corrected chi connectivity index (χ2v) is 5.17. The predicted octanol–water partition coefficient (Wildman–Crippen LogP) is 4.50. The lowest BCUT2D eigenvalue weighted by atomic mass is 10.1. The Hall–Kier alpha value is -1.65. The van der Waals surface area contributed by atoms with Gasteiger partial charge in [-0.1, -0.05) is 17.7 Å². The van der Waals surface area contributed by atoms with Crippen LogP contribution < -0.4 is 5.32 Å². The van der Waals surface area contributed by atoms with E-state index in [1.54, 1.807) is 23.9 Å². The molecule has 2 aromatic rings. The summed E-state index contributed by atoms with van der Waals surface area (Å²) in [7, 11) is 0. The second-order valence-electron chi connectivity index (χ2n) is 3.85. The first-order chi connectivity index (χ1) is 9.10. The van der Waals surface area contributed by atoms with E-state index in [1.165, 1.54) is 6.07 Å². The van der Waals surface area contributed by atoms with Crippen LogP contribution in [0.15, 0.2) is 47.4 Å². The van der Waals surface area contributed by atoms with Gasteiger partial charge in [0.15, 0.2) is 0 Å². The van der Waals surface area contributed by atoms with Gasteiger partial charge in [-0.25, -0.2) is 4.79 Å². The summed E-state index contributed by atoms with van der Waals surface area (Å²) in [5.41, 5.74) is 1.52. The van der Waals surface area contributed by atoms with Crippen molar-refractivity contribution in [1.82, 2.24) is 0 Å². The molecule has 2 aromatic carbocycles. The van der Waals surface area contributed by atoms with Crippen molar-refractivity contribution in [2.75, 3.05) is 11.6 Å². The molecule has 2 N–H and O–H groups in total. The number of hydrogen-bond donors (Lipinski definition) is 2. The monoisotopic (exact) mass is 293 g/mol. The average molecular weight is 294 g/mol. The number of nitrogens with one attached hydrogen (secondary N) is 1. The van der Waals surface area contributed by atoms with Crippen LogP contribution in [0, 0.1) is 0 Å². The van der Waals surface area contributed by atoms with Crippen molar-refractivity contribution in [2.24, 2.45) is 0 Å². The zero-order chi connectivity index (χ0) is 13.8. The smallest absolute Gasteiger partial charge is 0.337 e. The van der Waals surface area contributed by atoms with Crippen LogP contribution >= 0.6 is 23.4 Å². The molecule has 3 nitrogen and oxygen atoms in total. The fourth-order valence-corrected chi connectivity index (χ4v) is 2.29. The summed E-state index contributed by atoms with van der Waals surface area (Å²) in [5, 5.41) is 12.7. The topological polar surface area (TPSA) is 49.3 Å². The van der Waals surface area contributed by atoms with Crippen molar-refractivity contribution in [2.45, 2.75) is 4.90 Å². The lowest BCUT2D eigenvalue weighted by Crippen LogP contribution is -2.02. The van der Waals surface area contributed by atoms with E-state index < -0.39 is 5.97 Å². The molecule has 0 aliphatic carbocycles. The third-order valence-corrected chi connectivity index (χ3v) is 3.52. The molecule has 0 heterocycles. The number of anilines is 2. The molecule has 0 unspecified atom stereocenters. The van der Waals surface area contributed by atoms with Crippen LogP contribution in [0.1, 0.15) is 10.4 Å². The highest BCUT2D eigenvalue weighted by Crippen LogP contribution is 2.26. The minimum Gasteiger partial charge on any atom is -0.478 e. The Labute approximate surface area is 120 Å². The SMILES string of the molecule is CSc1cccc(Nc2ccc(Cl)cc2C(=O)O)c1. The molecule has 0 radical (unpaired) electrons. The van der Waals surface area contributed by atoms with Gasteiger partial charge in [-0.2, -0.15) is 0 Å². The molecule has 5 heteroatoms. The van der Waals surface area contributed by atoms with Crippen molar-refractivity contribution in [3.05, 3.63) is 53.1 Å². The standard InChI is InChI=1S/C14H12ClNO2S/c1-19-11-4-2-3-10(8-11)16-13-6-5-9(15)7-12(13)14(17)18/h2-8,16H,1H3,(H,17,18). The van der Waals surface area contributed by atoms with Crippen LogP contribution in [0.25, 0.3) is 0 Å². The minimum atomic E-state index is -1.01. The van der Waals surface area contributed by atoms with Crippen molar-refractivity contribution in [3.8, 4) is 0 Å². The van der Waals surface area contributed by atoms with E-state index in [0.29, 0.717) is 10.7 Å². The van der Waals surface area contributed by atoms with Crippen LogP contribution in [-0.4, -0.2) is 17.3 Å². The number of hydrogen-bond acceptors (Lipinski definition) is 3. The van der Waals surface area contributed by atoms with E-state index in [2.05, 4.69) is 5.32 Å². The van der Waals surface area contributed by atoms with Gasteiger partial charge in [-0.05, 0) is 42.7 Å². The first-order valence-electron chi connectivity index (χ1n) is 5.54. The molecular formula is C14H12ClNO2S. The van der Waals surface area contributed by atoms with E-state index in [1.807, 2.05) is 30.5 Å². The van der Waals surface area contributed by atoms with E-state index >= 15 is 0 Å². The molecule has 0 atom stereocenters. The summed E-state index contributed by atoms with van der Waals surface area (Å²) >= 11 is 7.45. The Morgan fingerprint density at radius 1 is 1.26 bits per heavy atom. The van der Waals surface area contributed by atoms with Crippen LogP contribution in [0.2, 0.25) is 5.02 Å². The molecule has 0 spiro atoms. The zero-order valence-corrected chi connectivity index (χ0v) is 11.8. The van der Waals surface area contributed by atoms with Gasteiger partial charge in [0.2, 0.25) is 0 Å². The number of aromatic carboxylic acids is 1. The van der Waals surface area contributed by atoms with Gasteiger partial charge in [0, 0.05) is 15.6 Å².